The summed E-state index contributed by atoms with van der Waals surface area (Å²) in [6.45, 7) is -0.150. The monoisotopic (exact) mass is 467 g/mol. The van der Waals surface area contributed by atoms with Gasteiger partial charge in [-0.3, -0.25) is 0 Å². The van der Waals surface area contributed by atoms with E-state index in [4.69, 9.17) is 0 Å². The van der Waals surface area contributed by atoms with Gasteiger partial charge in [-0.05, 0) is 61.4 Å². The minimum absolute atomic E-state index is 0.0359. The summed E-state index contributed by atoms with van der Waals surface area (Å²) in [7, 11) is -7.76. The largest absolute Gasteiger partial charge is 0.573 e. The van der Waals surface area contributed by atoms with Crippen molar-refractivity contribution in [3.05, 3.63) is 54.3 Å². The molecule has 0 spiro atoms. The molecule has 1 fully saturated rings. The van der Waals surface area contributed by atoms with Gasteiger partial charge in [-0.2, -0.15) is 4.31 Å². The van der Waals surface area contributed by atoms with E-state index in [-0.39, 0.29) is 35.7 Å². The van der Waals surface area contributed by atoms with Gasteiger partial charge in [0.25, 0.3) is 0 Å². The highest BCUT2D eigenvalue weighted by Gasteiger charge is 2.36. The van der Waals surface area contributed by atoms with Gasteiger partial charge in [-0.25, -0.2) is 21.2 Å². The van der Waals surface area contributed by atoms with Crippen LogP contribution >= 0.6 is 0 Å². The number of ether oxygens (including phenoxy) is 1. The Morgan fingerprint density at radius 3 is 1.83 bits per heavy atom. The van der Waals surface area contributed by atoms with Crippen LogP contribution in [0.25, 0.3) is 0 Å². The van der Waals surface area contributed by atoms with Gasteiger partial charge in [0.2, 0.25) is 10.0 Å². The number of alkyl halides is 3. The van der Waals surface area contributed by atoms with Gasteiger partial charge in [0.05, 0.1) is 15.0 Å². The van der Waals surface area contributed by atoms with Gasteiger partial charge in [-0.1, -0.05) is 0 Å². The molecule has 0 N–H and O–H groups in total. The predicted octanol–water partition coefficient (Wildman–Crippen LogP) is 3.35. The highest BCUT2D eigenvalue weighted by atomic mass is 32.2. The van der Waals surface area contributed by atoms with Gasteiger partial charge in [0.15, 0.2) is 9.84 Å². The predicted molar refractivity (Wildman–Crippen MR) is 98.5 cm³/mol. The Morgan fingerprint density at radius 2 is 1.33 bits per heavy atom. The molecule has 6 nitrogen and oxygen atoms in total. The van der Waals surface area contributed by atoms with Crippen LogP contribution in [0.4, 0.5) is 17.6 Å². The average molecular weight is 467 g/mol. The molecule has 0 atom stereocenters. The standard InChI is InChI=1S/C18H17F4NO5S2/c19-13-1-5-15(6-2-13)29(24,25)16-9-11-23(12-10-16)30(26,27)17-7-3-14(4-8-17)28-18(20,21)22/h1-8,16H,9-12H2. The summed E-state index contributed by atoms with van der Waals surface area (Å²) < 4.78 is 105. The van der Waals surface area contributed by atoms with Crippen LogP contribution in [0.5, 0.6) is 5.75 Å². The highest BCUT2D eigenvalue weighted by molar-refractivity contribution is 7.92. The molecule has 0 aliphatic carbocycles. The summed E-state index contributed by atoms with van der Waals surface area (Å²) in [4.78, 5) is -0.262. The topological polar surface area (TPSA) is 80.8 Å². The molecular weight excluding hydrogens is 450 g/mol. The maximum atomic E-state index is 13.0. The van der Waals surface area contributed by atoms with E-state index in [1.54, 1.807) is 0 Å². The number of piperidine rings is 1. The first-order chi connectivity index (χ1) is 13.9. The Hall–Kier alpha value is -2.18. The van der Waals surface area contributed by atoms with Crippen molar-refractivity contribution in [3.8, 4) is 5.75 Å². The maximum absolute atomic E-state index is 13.0. The zero-order valence-corrected chi connectivity index (χ0v) is 17.0. The van der Waals surface area contributed by atoms with Gasteiger partial charge in [0.1, 0.15) is 11.6 Å². The normalized spacial score (nSPS) is 17.1. The summed E-state index contributed by atoms with van der Waals surface area (Å²) in [5, 5.41) is -0.822. The highest BCUT2D eigenvalue weighted by Crippen LogP contribution is 2.29. The van der Waals surface area contributed by atoms with Gasteiger partial charge in [0, 0.05) is 13.1 Å². The van der Waals surface area contributed by atoms with Crippen LogP contribution in [0.1, 0.15) is 12.8 Å². The van der Waals surface area contributed by atoms with E-state index in [2.05, 4.69) is 4.74 Å². The van der Waals surface area contributed by atoms with Crippen molar-refractivity contribution in [2.45, 2.75) is 34.2 Å². The Bertz CT molecular complexity index is 1090. The van der Waals surface area contributed by atoms with E-state index in [1.807, 2.05) is 0 Å². The van der Waals surface area contributed by atoms with Crippen LogP contribution in [0, 0.1) is 5.82 Å². The van der Waals surface area contributed by atoms with Crippen molar-refractivity contribution in [2.24, 2.45) is 0 Å². The van der Waals surface area contributed by atoms with Crippen molar-refractivity contribution in [3.63, 3.8) is 0 Å². The molecule has 0 saturated carbocycles. The lowest BCUT2D eigenvalue weighted by molar-refractivity contribution is -0.274. The third kappa shape index (κ3) is 4.93. The number of rotatable bonds is 5. The zero-order valence-electron chi connectivity index (χ0n) is 15.3. The lowest BCUT2D eigenvalue weighted by Crippen LogP contribution is -2.42. The molecule has 1 aliphatic heterocycles. The summed E-state index contributed by atoms with van der Waals surface area (Å²) >= 11 is 0. The van der Waals surface area contributed by atoms with E-state index in [9.17, 15) is 34.4 Å². The summed E-state index contributed by atoms with van der Waals surface area (Å²) in [6.07, 6.45) is -4.82. The molecule has 0 radical (unpaired) electrons. The van der Waals surface area contributed by atoms with Crippen LogP contribution in [0.3, 0.4) is 0 Å². The second-order valence-electron chi connectivity index (χ2n) is 6.62. The van der Waals surface area contributed by atoms with Gasteiger partial charge < -0.3 is 4.74 Å². The third-order valence-corrected chi connectivity index (χ3v) is 8.87. The lowest BCUT2D eigenvalue weighted by Gasteiger charge is -2.31. The molecule has 1 aliphatic rings. The molecule has 12 heteroatoms. The number of hydrogen-bond acceptors (Lipinski definition) is 5. The molecule has 3 rings (SSSR count). The number of hydrogen-bond donors (Lipinski definition) is 0. The number of nitrogens with zero attached hydrogens (tertiary/aromatic N) is 1. The van der Waals surface area contributed by atoms with Crippen LogP contribution in [-0.2, 0) is 19.9 Å². The SMILES string of the molecule is O=S(=O)(c1ccc(F)cc1)C1CCN(S(=O)(=O)c2ccc(OC(F)(F)F)cc2)CC1. The van der Waals surface area contributed by atoms with Crippen LogP contribution < -0.4 is 4.74 Å². The van der Waals surface area contributed by atoms with E-state index in [0.717, 1.165) is 40.7 Å². The molecule has 0 aromatic heterocycles. The molecular formula is C18H17F4NO5S2. The van der Waals surface area contributed by atoms with E-state index < -0.39 is 43.0 Å². The third-order valence-electron chi connectivity index (χ3n) is 4.68. The maximum Gasteiger partial charge on any atom is 0.573 e. The Kier molecular flexibility index (Phi) is 6.12. The molecule has 0 amide bonds. The number of sulfonamides is 1. The number of halogens is 4. The molecule has 1 heterocycles. The smallest absolute Gasteiger partial charge is 0.406 e. The molecule has 0 unspecified atom stereocenters. The number of sulfone groups is 1. The van der Waals surface area contributed by atoms with Gasteiger partial charge >= 0.3 is 6.36 Å². The first-order valence-electron chi connectivity index (χ1n) is 8.75. The van der Waals surface area contributed by atoms with Crippen molar-refractivity contribution in [2.75, 3.05) is 13.1 Å². The van der Waals surface area contributed by atoms with Crippen molar-refractivity contribution in [1.82, 2.24) is 4.31 Å². The fourth-order valence-corrected chi connectivity index (χ4v) is 6.36. The van der Waals surface area contributed by atoms with Gasteiger partial charge in [-0.15, -0.1) is 13.2 Å². The summed E-state index contributed by atoms with van der Waals surface area (Å²) in [6, 6.07) is 8.20. The Labute approximate surface area is 171 Å². The van der Waals surface area contributed by atoms with Crippen LogP contribution in [0.15, 0.2) is 58.3 Å². The van der Waals surface area contributed by atoms with Crippen LogP contribution in [0.2, 0.25) is 0 Å². The fourth-order valence-electron chi connectivity index (χ4n) is 3.16. The van der Waals surface area contributed by atoms with E-state index >= 15 is 0 Å². The van der Waals surface area contributed by atoms with E-state index in [0.29, 0.717) is 0 Å². The molecule has 164 valence electrons. The van der Waals surface area contributed by atoms with Crippen molar-refractivity contribution in [1.29, 1.82) is 0 Å². The lowest BCUT2D eigenvalue weighted by atomic mass is 10.2. The second-order valence-corrected chi connectivity index (χ2v) is 10.8. The first kappa shape index (κ1) is 22.5. The van der Waals surface area contributed by atoms with Crippen molar-refractivity contribution >= 4 is 19.9 Å². The summed E-state index contributed by atoms with van der Waals surface area (Å²) in [5.74, 6) is -1.12. The summed E-state index contributed by atoms with van der Waals surface area (Å²) in [5.41, 5.74) is 0. The zero-order chi connectivity index (χ0) is 22.2. The fraction of sp³-hybridized carbons (Fsp3) is 0.333. The van der Waals surface area contributed by atoms with Crippen LogP contribution in [-0.4, -0.2) is 45.8 Å². The minimum Gasteiger partial charge on any atom is -0.406 e. The molecule has 2 aromatic rings. The second kappa shape index (κ2) is 8.16. The molecule has 2 aromatic carbocycles. The molecule has 1 saturated heterocycles. The first-order valence-corrected chi connectivity index (χ1v) is 11.7. The number of benzene rings is 2. The van der Waals surface area contributed by atoms with E-state index in [1.165, 1.54) is 12.1 Å². The Morgan fingerprint density at radius 1 is 0.833 bits per heavy atom. The minimum atomic E-state index is -4.89. The quantitative estimate of drug-likeness (QED) is 0.498. The molecule has 30 heavy (non-hydrogen) atoms. The average Bonchev–Trinajstić information content (AvgIpc) is 2.67. The molecule has 0 bridgehead atoms. The Balaban J connectivity index is 1.70. The van der Waals surface area contributed by atoms with Crippen molar-refractivity contribution < 1.29 is 39.1 Å².